The van der Waals surface area contributed by atoms with Gasteiger partial charge in [0.15, 0.2) is 5.83 Å². The highest BCUT2D eigenvalue weighted by atomic mass is 19.1. The first-order valence-electron chi connectivity index (χ1n) is 1.63. The predicted molar refractivity (Wildman–Crippen MR) is 27.5 cm³/mol. The molecule has 38 valence electrons. The molecule has 0 bridgehead atoms. The minimum absolute atomic E-state index is 0.564. The molecular weight excluding hydrogens is 95.1 g/mol. The van der Waals surface area contributed by atoms with Gasteiger partial charge in [0, 0.05) is 0 Å². The molecule has 3 heteroatoms. The highest BCUT2D eigenvalue weighted by Crippen LogP contribution is 1.87. The molecule has 0 saturated carbocycles. The number of allylic oxidation sites excluding steroid dienone is 1. The molecule has 0 heterocycles. The average molecular weight is 100 g/mol. The Morgan fingerprint density at radius 3 is 2.57 bits per heavy atom. The standard InChI is InChI=1S/C4H5FN2/c1-7-3-4(5)2-6/h2-3,6H,1H2/b4-3+,6-2?. The molecule has 0 aromatic carbocycles. The molecule has 1 N–H and O–H groups in total. The third-order valence-corrected chi connectivity index (χ3v) is 0.353. The molecule has 0 aromatic rings. The van der Waals surface area contributed by atoms with E-state index in [0.717, 1.165) is 6.20 Å². The van der Waals surface area contributed by atoms with Gasteiger partial charge in [-0.15, -0.1) is 0 Å². The molecule has 7 heavy (non-hydrogen) atoms. The lowest BCUT2D eigenvalue weighted by Crippen LogP contribution is -1.67. The van der Waals surface area contributed by atoms with Crippen molar-refractivity contribution in [3.8, 4) is 0 Å². The van der Waals surface area contributed by atoms with E-state index in [9.17, 15) is 4.39 Å². The van der Waals surface area contributed by atoms with E-state index in [1.165, 1.54) is 0 Å². The Hall–Kier alpha value is -0.990. The maximum absolute atomic E-state index is 11.6. The van der Waals surface area contributed by atoms with Crippen molar-refractivity contribution >= 4 is 12.9 Å². The van der Waals surface area contributed by atoms with Crippen LogP contribution in [0.4, 0.5) is 4.39 Å². The monoisotopic (exact) mass is 100 g/mol. The van der Waals surface area contributed by atoms with E-state index in [4.69, 9.17) is 5.41 Å². The van der Waals surface area contributed by atoms with Crippen molar-refractivity contribution < 1.29 is 4.39 Å². The highest BCUT2D eigenvalue weighted by molar-refractivity contribution is 5.72. The zero-order chi connectivity index (χ0) is 5.70. The number of aliphatic imine (C=N–C) groups is 1. The Bertz CT molecular complexity index is 106. The predicted octanol–water partition coefficient (Wildman–Crippen LogP) is 1.15. The van der Waals surface area contributed by atoms with Crippen molar-refractivity contribution in [3.05, 3.63) is 12.0 Å². The molecule has 0 aliphatic rings. The Labute approximate surface area is 40.9 Å². The first kappa shape index (κ1) is 6.01. The van der Waals surface area contributed by atoms with Crippen LogP contribution < -0.4 is 0 Å². The minimum atomic E-state index is -0.685. The lowest BCUT2D eigenvalue weighted by atomic mass is 10.6. The first-order chi connectivity index (χ1) is 3.31. The number of rotatable bonds is 2. The van der Waals surface area contributed by atoms with Crippen LogP contribution in [0.15, 0.2) is 17.0 Å². The maximum atomic E-state index is 11.6. The van der Waals surface area contributed by atoms with E-state index in [1.807, 2.05) is 0 Å². The SMILES string of the molecule is C=N/C=C(/F)C=N. The number of hydrogen-bond acceptors (Lipinski definition) is 2. The highest BCUT2D eigenvalue weighted by Gasteiger charge is 1.78. The number of nitrogens with zero attached hydrogens (tertiary/aromatic N) is 1. The molecule has 0 aliphatic carbocycles. The van der Waals surface area contributed by atoms with Crippen molar-refractivity contribution in [2.75, 3.05) is 0 Å². The van der Waals surface area contributed by atoms with E-state index in [-0.39, 0.29) is 0 Å². The number of halogens is 1. The van der Waals surface area contributed by atoms with Crippen LogP contribution in [0.2, 0.25) is 0 Å². The lowest BCUT2D eigenvalue weighted by Gasteiger charge is -1.73. The molecule has 0 aromatic heterocycles. The van der Waals surface area contributed by atoms with Crippen LogP contribution >= 0.6 is 0 Å². The van der Waals surface area contributed by atoms with Gasteiger partial charge in [0.25, 0.3) is 0 Å². The van der Waals surface area contributed by atoms with Crippen LogP contribution in [0.25, 0.3) is 0 Å². The topological polar surface area (TPSA) is 36.2 Å². The second-order valence-electron chi connectivity index (χ2n) is 0.841. The molecule has 0 spiro atoms. The molecule has 0 saturated heterocycles. The number of hydrogen-bond donors (Lipinski definition) is 1. The fourth-order valence-corrected chi connectivity index (χ4v) is 0.124. The molecule has 0 aliphatic heterocycles. The van der Waals surface area contributed by atoms with E-state index >= 15 is 0 Å². The summed E-state index contributed by atoms with van der Waals surface area (Å²) in [5.41, 5.74) is 0. The van der Waals surface area contributed by atoms with Gasteiger partial charge in [0.1, 0.15) is 0 Å². The summed E-state index contributed by atoms with van der Waals surface area (Å²) in [5, 5.41) is 6.26. The van der Waals surface area contributed by atoms with E-state index in [1.54, 1.807) is 0 Å². The summed E-state index contributed by atoms with van der Waals surface area (Å²) >= 11 is 0. The molecule has 0 atom stereocenters. The minimum Gasteiger partial charge on any atom is -0.306 e. The van der Waals surface area contributed by atoms with E-state index in [2.05, 4.69) is 11.7 Å². The van der Waals surface area contributed by atoms with Crippen LogP contribution in [0, 0.1) is 5.41 Å². The molecule has 0 unspecified atom stereocenters. The van der Waals surface area contributed by atoms with Crippen LogP contribution in [-0.2, 0) is 0 Å². The summed E-state index contributed by atoms with van der Waals surface area (Å²) < 4.78 is 11.6. The average Bonchev–Trinajstić information content (AvgIpc) is 1.68. The quantitative estimate of drug-likeness (QED) is 0.505. The summed E-state index contributed by atoms with van der Waals surface area (Å²) in [6, 6.07) is 0. The van der Waals surface area contributed by atoms with Crippen molar-refractivity contribution in [1.29, 1.82) is 5.41 Å². The second kappa shape index (κ2) is 3.21. The lowest BCUT2D eigenvalue weighted by molar-refractivity contribution is 0.682. The molecule has 2 nitrogen and oxygen atoms in total. The van der Waals surface area contributed by atoms with Gasteiger partial charge in [-0.3, -0.25) is 4.99 Å². The van der Waals surface area contributed by atoms with Gasteiger partial charge in [-0.2, -0.15) is 0 Å². The van der Waals surface area contributed by atoms with Crippen LogP contribution in [0.3, 0.4) is 0 Å². The molecule has 0 radical (unpaired) electrons. The molecular formula is C4H5FN2. The third-order valence-electron chi connectivity index (χ3n) is 0.353. The van der Waals surface area contributed by atoms with Crippen molar-refractivity contribution in [1.82, 2.24) is 0 Å². The first-order valence-corrected chi connectivity index (χ1v) is 1.63. The van der Waals surface area contributed by atoms with Gasteiger partial charge >= 0.3 is 0 Å². The van der Waals surface area contributed by atoms with Crippen molar-refractivity contribution in [2.24, 2.45) is 4.99 Å². The van der Waals surface area contributed by atoms with E-state index < -0.39 is 5.83 Å². The number of nitrogens with one attached hydrogen (secondary N) is 1. The maximum Gasteiger partial charge on any atom is 0.158 e. The van der Waals surface area contributed by atoms with Crippen LogP contribution in [-0.4, -0.2) is 12.9 Å². The Morgan fingerprint density at radius 2 is 2.43 bits per heavy atom. The third kappa shape index (κ3) is 2.82. The molecule has 0 amide bonds. The summed E-state index contributed by atoms with van der Waals surface area (Å²) in [7, 11) is 0. The fraction of sp³-hybridized carbons (Fsp3) is 0. The summed E-state index contributed by atoms with van der Waals surface area (Å²) in [4.78, 5) is 3.07. The van der Waals surface area contributed by atoms with E-state index in [0.29, 0.717) is 6.21 Å². The zero-order valence-corrected chi connectivity index (χ0v) is 3.69. The van der Waals surface area contributed by atoms with Gasteiger partial charge in [0.2, 0.25) is 0 Å². The van der Waals surface area contributed by atoms with Crippen LogP contribution in [0.5, 0.6) is 0 Å². The van der Waals surface area contributed by atoms with Crippen molar-refractivity contribution in [3.63, 3.8) is 0 Å². The fourth-order valence-electron chi connectivity index (χ4n) is 0.124. The smallest absolute Gasteiger partial charge is 0.158 e. The largest absolute Gasteiger partial charge is 0.306 e. The molecule has 0 fully saturated rings. The molecule has 0 rings (SSSR count). The van der Waals surface area contributed by atoms with Crippen LogP contribution in [0.1, 0.15) is 0 Å². The van der Waals surface area contributed by atoms with Gasteiger partial charge in [-0.25, -0.2) is 4.39 Å². The van der Waals surface area contributed by atoms with Gasteiger partial charge in [-0.05, 0) is 6.72 Å². The van der Waals surface area contributed by atoms with Gasteiger partial charge in [0.05, 0.1) is 12.4 Å². The summed E-state index contributed by atoms with van der Waals surface area (Å²) in [6.07, 6.45) is 1.43. The Kier molecular flexibility index (Phi) is 2.76. The summed E-state index contributed by atoms with van der Waals surface area (Å²) in [6.45, 7) is 2.98. The zero-order valence-electron chi connectivity index (χ0n) is 3.69. The second-order valence-corrected chi connectivity index (χ2v) is 0.841. The normalized spacial score (nSPS) is 10.7. The van der Waals surface area contributed by atoms with Crippen molar-refractivity contribution in [2.45, 2.75) is 0 Å². The van der Waals surface area contributed by atoms with Gasteiger partial charge < -0.3 is 5.41 Å². The summed E-state index contributed by atoms with van der Waals surface area (Å²) in [5.74, 6) is -0.685. The van der Waals surface area contributed by atoms with Gasteiger partial charge in [-0.1, -0.05) is 0 Å². The Balaban J connectivity index is 3.72. The Morgan fingerprint density at radius 1 is 1.86 bits per heavy atom.